The standard InChI is InChI=1S/C28H56O6.C19H38O4.C12H18O4S/c1-4-5-6-7-8-9-10-11-12-13-14-15-16-20-28(29)34-26-27(25-32-23-19-22-31-3)33-24-18-17-21-30-2;1-2-3-4-5-6-7-8-9-10-11-12-13-14-15-19(22)23-17-18(21)16-20;1-11-5-7-12(8-6-11)17(13,14)16-10-4-3-9-15-2/h27H,4-26H2,1-3H3;18,20-21H,2-17H2,1H3;5-8H,3-4,9-10H2,1-2H3/p+1. The number of carbonyl (C=O) groups is 2. The van der Waals surface area contributed by atoms with Gasteiger partial charge in [-0.15, -0.1) is 0 Å². The first-order chi connectivity index (χ1) is 36.0. The Balaban J connectivity index is -0.00000110. The van der Waals surface area contributed by atoms with Crippen molar-refractivity contribution in [3.63, 3.8) is 0 Å². The number of carbonyl (C=O) groups excluding carboxylic acids is 2. The summed E-state index contributed by atoms with van der Waals surface area (Å²) in [5, 5.41) is 17.7. The smallest absolute Gasteiger partial charge is 0.463 e. The van der Waals surface area contributed by atoms with Crippen LogP contribution in [0.5, 0.6) is 0 Å². The van der Waals surface area contributed by atoms with Crippen molar-refractivity contribution in [3.8, 4) is 0 Å². The summed E-state index contributed by atoms with van der Waals surface area (Å²) in [4.78, 5) is 23.7. The lowest BCUT2D eigenvalue weighted by atomic mass is 10.0. The Labute approximate surface area is 454 Å². The van der Waals surface area contributed by atoms with E-state index in [0.717, 1.165) is 63.5 Å². The highest BCUT2D eigenvalue weighted by molar-refractivity contribution is 7.86. The summed E-state index contributed by atoms with van der Waals surface area (Å²) in [6.07, 6.45) is 37.5. The van der Waals surface area contributed by atoms with Crippen molar-refractivity contribution in [2.75, 3.05) is 87.4 Å². The molecule has 0 heterocycles. The third-order valence-corrected chi connectivity index (χ3v) is 13.7. The number of aliphatic hydroxyl groups excluding tert-OH is 2. The van der Waals surface area contributed by atoms with E-state index in [0.29, 0.717) is 52.3 Å². The summed E-state index contributed by atoms with van der Waals surface area (Å²) >= 11 is 0. The van der Waals surface area contributed by atoms with Crippen molar-refractivity contribution in [2.45, 2.75) is 250 Å². The Morgan fingerprint density at radius 3 is 1.28 bits per heavy atom. The van der Waals surface area contributed by atoms with Crippen LogP contribution < -0.4 is 0 Å². The largest absolute Gasteiger partial charge is 1.00 e. The number of esters is 2. The van der Waals surface area contributed by atoms with Gasteiger partial charge in [0.25, 0.3) is 10.1 Å². The van der Waals surface area contributed by atoms with Gasteiger partial charge in [0, 0.05) is 67.2 Å². The Morgan fingerprint density at radius 1 is 0.486 bits per heavy atom. The molecular weight excluding hydrogens is 965 g/mol. The quantitative estimate of drug-likeness (QED) is 0.0357. The molecule has 15 heteroatoms. The fourth-order valence-corrected chi connectivity index (χ4v) is 8.64. The van der Waals surface area contributed by atoms with Crippen molar-refractivity contribution in [1.82, 2.24) is 0 Å². The summed E-state index contributed by atoms with van der Waals surface area (Å²) < 4.78 is 65.2. The molecule has 0 spiro atoms. The van der Waals surface area contributed by atoms with Crippen LogP contribution in [-0.4, -0.2) is 130 Å². The number of ether oxygens (including phenoxy) is 7. The Morgan fingerprint density at radius 2 is 0.865 bits per heavy atom. The van der Waals surface area contributed by atoms with E-state index in [9.17, 15) is 18.0 Å². The molecule has 1 aromatic rings. The highest BCUT2D eigenvalue weighted by atomic mass is 32.2. The number of aryl methyl sites for hydroxylation is 1. The molecule has 2 atom stereocenters. The van der Waals surface area contributed by atoms with Gasteiger partial charge in [-0.3, -0.25) is 13.8 Å². The van der Waals surface area contributed by atoms with Crippen molar-refractivity contribution in [3.05, 3.63) is 29.8 Å². The molecule has 0 bridgehead atoms. The summed E-state index contributed by atoms with van der Waals surface area (Å²) in [5.74, 6) is -0.406. The minimum absolute atomic E-state index is 0. The van der Waals surface area contributed by atoms with Gasteiger partial charge < -0.3 is 43.4 Å². The van der Waals surface area contributed by atoms with Crippen LogP contribution in [0.15, 0.2) is 29.2 Å². The molecule has 0 aliphatic rings. The first-order valence-corrected chi connectivity index (χ1v) is 30.6. The maximum atomic E-state index is 12.1. The van der Waals surface area contributed by atoms with Crippen LogP contribution in [0.3, 0.4) is 0 Å². The predicted molar refractivity (Wildman–Crippen MR) is 300 cm³/mol. The Kier molecular flexibility index (Phi) is 58.4. The average Bonchev–Trinajstić information content (AvgIpc) is 3.39. The van der Waals surface area contributed by atoms with Crippen molar-refractivity contribution in [2.24, 2.45) is 0 Å². The van der Waals surface area contributed by atoms with Crippen LogP contribution in [0.2, 0.25) is 0 Å². The number of benzene rings is 1. The fourth-order valence-electron chi connectivity index (χ4n) is 7.70. The number of rotatable bonds is 52. The summed E-state index contributed by atoms with van der Waals surface area (Å²) in [6.45, 7) is 10.1. The number of hydrogen-bond donors (Lipinski definition) is 2. The zero-order valence-electron chi connectivity index (χ0n) is 49.1. The third kappa shape index (κ3) is 54.6. The second kappa shape index (κ2) is 58.5. The van der Waals surface area contributed by atoms with Crippen molar-refractivity contribution >= 4 is 22.1 Å². The average molecular weight is 1080 g/mol. The molecule has 1 aromatic carbocycles. The lowest BCUT2D eigenvalue weighted by molar-refractivity contribution is -0.150. The van der Waals surface area contributed by atoms with Gasteiger partial charge in [-0.05, 0) is 64.0 Å². The van der Waals surface area contributed by atoms with Crippen LogP contribution in [0, 0.1) is 6.92 Å². The van der Waals surface area contributed by atoms with Gasteiger partial charge in [0.2, 0.25) is 0 Å². The second-order valence-electron chi connectivity index (χ2n) is 19.6. The minimum Gasteiger partial charge on any atom is -0.463 e. The lowest BCUT2D eigenvalue weighted by Gasteiger charge is -2.18. The molecule has 14 nitrogen and oxygen atoms in total. The van der Waals surface area contributed by atoms with Gasteiger partial charge in [-0.2, -0.15) is 8.42 Å². The predicted octanol–water partition coefficient (Wildman–Crippen LogP) is 13.5. The topological polar surface area (TPSA) is 183 Å². The number of unbranched alkanes of at least 4 members (excludes halogenated alkanes) is 26. The monoisotopic (exact) mass is 1080 g/mol. The van der Waals surface area contributed by atoms with Crippen LogP contribution in [0.4, 0.5) is 0 Å². The van der Waals surface area contributed by atoms with Crippen LogP contribution in [0.1, 0.15) is 233 Å². The van der Waals surface area contributed by atoms with E-state index >= 15 is 0 Å². The van der Waals surface area contributed by atoms with E-state index in [4.69, 9.17) is 47.6 Å². The molecule has 74 heavy (non-hydrogen) atoms. The van der Waals surface area contributed by atoms with Gasteiger partial charge in [-0.25, -0.2) is 0 Å². The molecule has 0 saturated heterocycles. The number of methoxy groups -OCH3 is 3. The molecule has 0 aliphatic heterocycles. The van der Waals surface area contributed by atoms with Crippen molar-refractivity contribution in [1.29, 1.82) is 0 Å². The molecule has 1 rings (SSSR count). The van der Waals surface area contributed by atoms with Gasteiger partial charge in [0.1, 0.15) is 25.4 Å². The van der Waals surface area contributed by atoms with E-state index in [-0.39, 0.29) is 50.8 Å². The minimum atomic E-state index is -3.61. The fraction of sp³-hybridized carbons (Fsp3) is 0.864. The maximum Gasteiger partial charge on any atom is 1.00 e. The first kappa shape index (κ1) is 73.9. The summed E-state index contributed by atoms with van der Waals surface area (Å²) in [7, 11) is 1.40. The molecule has 0 saturated carbocycles. The second-order valence-corrected chi connectivity index (χ2v) is 21.2. The Hall–Kier alpha value is -2.21. The molecule has 438 valence electrons. The van der Waals surface area contributed by atoms with Gasteiger partial charge in [0.15, 0.2) is 0 Å². The van der Waals surface area contributed by atoms with E-state index in [1.54, 1.807) is 45.6 Å². The van der Waals surface area contributed by atoms with Gasteiger partial charge in [-0.1, -0.05) is 186 Å². The van der Waals surface area contributed by atoms with E-state index in [2.05, 4.69) is 13.8 Å². The zero-order valence-corrected chi connectivity index (χ0v) is 48.9. The van der Waals surface area contributed by atoms with Crippen molar-refractivity contribution < 1.29 is 67.0 Å². The molecule has 0 radical (unpaired) electrons. The summed E-state index contributed by atoms with van der Waals surface area (Å²) in [6, 6.07) is 6.61. The number of aliphatic hydroxyl groups is 2. The van der Waals surface area contributed by atoms with Crippen LogP contribution in [0.25, 0.3) is 0 Å². The highest BCUT2D eigenvalue weighted by Gasteiger charge is 2.15. The molecule has 0 fully saturated rings. The van der Waals surface area contributed by atoms with Gasteiger partial charge in [0.05, 0.1) is 24.7 Å². The van der Waals surface area contributed by atoms with E-state index < -0.39 is 16.2 Å². The molecule has 2 N–H and O–H groups in total. The van der Waals surface area contributed by atoms with E-state index in [1.165, 1.54) is 141 Å². The van der Waals surface area contributed by atoms with E-state index in [1.807, 2.05) is 6.92 Å². The molecule has 2 unspecified atom stereocenters. The molecular formula is C59H113O14S+. The first-order valence-electron chi connectivity index (χ1n) is 29.2. The molecule has 0 amide bonds. The van der Waals surface area contributed by atoms with Crippen LogP contribution in [-0.2, 0) is 57.0 Å². The molecule has 0 aliphatic carbocycles. The number of hydrogen-bond acceptors (Lipinski definition) is 14. The third-order valence-electron chi connectivity index (χ3n) is 12.4. The zero-order chi connectivity index (χ0) is 54.9. The molecule has 0 aromatic heterocycles. The van der Waals surface area contributed by atoms with Crippen LogP contribution >= 0.6 is 0 Å². The lowest BCUT2D eigenvalue weighted by Crippen LogP contribution is -2.28. The highest BCUT2D eigenvalue weighted by Crippen LogP contribution is 2.16. The Bertz CT molecular complexity index is 1410. The van der Waals surface area contributed by atoms with Gasteiger partial charge >= 0.3 is 13.4 Å². The maximum absolute atomic E-state index is 12.1. The summed E-state index contributed by atoms with van der Waals surface area (Å²) in [5.41, 5.74) is 1.02. The SMILES string of the molecule is CCCCCCCCCCCCCCCC(=O)OCC(COCCCOC)OCCCCOC.CCCCCCCCCCCCCCCC(=O)OCC(O)CO.COCCCCOS(=O)(=O)c1ccc(C)cc1.[H+]. The normalized spacial score (nSPS) is 12.1.